The molecule has 158 valence electrons. The molecule has 1 saturated heterocycles. The van der Waals surface area contributed by atoms with E-state index < -0.39 is 17.0 Å². The molecule has 0 aromatic heterocycles. The number of piperidine rings is 1. The van der Waals surface area contributed by atoms with Crippen molar-refractivity contribution in [3.63, 3.8) is 0 Å². The van der Waals surface area contributed by atoms with Crippen LogP contribution in [-0.4, -0.2) is 42.5 Å². The highest BCUT2D eigenvalue weighted by molar-refractivity contribution is 5.81. The first-order valence-corrected chi connectivity index (χ1v) is 10.8. The van der Waals surface area contributed by atoms with E-state index in [0.717, 1.165) is 57.4 Å². The van der Waals surface area contributed by atoms with Crippen LogP contribution in [0.2, 0.25) is 0 Å². The van der Waals surface area contributed by atoms with E-state index in [1.54, 1.807) is 0 Å². The molecule has 3 amide bonds. The van der Waals surface area contributed by atoms with Gasteiger partial charge in [0.2, 0.25) is 5.91 Å². The monoisotopic (exact) mass is 405 g/mol. The number of carbonyl (C=O) groups is 2. The van der Waals surface area contributed by atoms with Gasteiger partial charge in [0, 0.05) is 43.1 Å². The molecule has 0 bridgehead atoms. The van der Waals surface area contributed by atoms with Gasteiger partial charge in [-0.05, 0) is 50.2 Å². The number of rotatable bonds is 5. The van der Waals surface area contributed by atoms with Gasteiger partial charge >= 0.3 is 6.03 Å². The molecule has 1 aromatic rings. The van der Waals surface area contributed by atoms with Gasteiger partial charge in [-0.25, -0.2) is 13.6 Å². The van der Waals surface area contributed by atoms with Crippen LogP contribution in [0.1, 0.15) is 56.9 Å². The average molecular weight is 405 g/mol. The van der Waals surface area contributed by atoms with E-state index in [1.165, 1.54) is 12.1 Å². The zero-order valence-corrected chi connectivity index (χ0v) is 16.7. The molecule has 29 heavy (non-hydrogen) atoms. The standard InChI is InChI=1S/C22H29F2N3O2/c23-16-5-6-18(19(24)13-16)22(9-1-2-10-22)14-25-21(29)26-17-7-11-27(12-8-17)20(28)15-3-4-15/h5-6,13,15,17H,1-4,7-12,14H2,(H2,25,26,29). The van der Waals surface area contributed by atoms with Crippen molar-refractivity contribution in [3.8, 4) is 0 Å². The van der Waals surface area contributed by atoms with Crippen molar-refractivity contribution in [3.05, 3.63) is 35.4 Å². The van der Waals surface area contributed by atoms with Crippen LogP contribution in [0.25, 0.3) is 0 Å². The first-order valence-electron chi connectivity index (χ1n) is 10.8. The summed E-state index contributed by atoms with van der Waals surface area (Å²) in [5.74, 6) is -0.631. The van der Waals surface area contributed by atoms with Gasteiger partial charge in [0.1, 0.15) is 11.6 Å². The SMILES string of the molecule is O=C(NCC1(c2ccc(F)cc2F)CCCC1)NC1CCN(C(=O)C2CC2)CC1. The number of likely N-dealkylation sites (tertiary alicyclic amines) is 1. The number of nitrogens with one attached hydrogen (secondary N) is 2. The number of nitrogens with zero attached hydrogens (tertiary/aromatic N) is 1. The van der Waals surface area contributed by atoms with E-state index in [4.69, 9.17) is 0 Å². The lowest BCUT2D eigenvalue weighted by Gasteiger charge is -2.33. The summed E-state index contributed by atoms with van der Waals surface area (Å²) in [7, 11) is 0. The van der Waals surface area contributed by atoms with Gasteiger partial charge in [0.05, 0.1) is 0 Å². The molecular weight excluding hydrogens is 376 g/mol. The van der Waals surface area contributed by atoms with Crippen LogP contribution in [0.5, 0.6) is 0 Å². The van der Waals surface area contributed by atoms with Crippen molar-refractivity contribution in [2.45, 2.75) is 62.8 Å². The number of hydrogen-bond donors (Lipinski definition) is 2. The fourth-order valence-corrected chi connectivity index (χ4v) is 4.83. The molecule has 3 fully saturated rings. The van der Waals surface area contributed by atoms with Gasteiger partial charge in [0.25, 0.3) is 0 Å². The largest absolute Gasteiger partial charge is 0.342 e. The number of halogens is 2. The summed E-state index contributed by atoms with van der Waals surface area (Å²) in [6.45, 7) is 1.70. The Morgan fingerprint density at radius 2 is 1.76 bits per heavy atom. The van der Waals surface area contributed by atoms with Gasteiger partial charge in [-0.15, -0.1) is 0 Å². The molecule has 3 aliphatic rings. The molecule has 0 atom stereocenters. The predicted octanol–water partition coefficient (Wildman–Crippen LogP) is 3.48. The van der Waals surface area contributed by atoms with Crippen molar-refractivity contribution in [2.75, 3.05) is 19.6 Å². The summed E-state index contributed by atoms with van der Waals surface area (Å²) in [5.41, 5.74) is 0.0124. The molecule has 2 aliphatic carbocycles. The highest BCUT2D eigenvalue weighted by Crippen LogP contribution is 2.41. The summed E-state index contributed by atoms with van der Waals surface area (Å²) < 4.78 is 27.7. The van der Waals surface area contributed by atoms with Gasteiger partial charge < -0.3 is 15.5 Å². The summed E-state index contributed by atoms with van der Waals surface area (Å²) in [4.78, 5) is 26.5. The zero-order valence-electron chi connectivity index (χ0n) is 16.7. The fraction of sp³-hybridized carbons (Fsp3) is 0.636. The lowest BCUT2D eigenvalue weighted by atomic mass is 9.78. The maximum Gasteiger partial charge on any atom is 0.315 e. The van der Waals surface area contributed by atoms with Crippen LogP contribution in [0.4, 0.5) is 13.6 Å². The van der Waals surface area contributed by atoms with Crippen LogP contribution >= 0.6 is 0 Å². The Labute approximate surface area is 170 Å². The van der Waals surface area contributed by atoms with E-state index in [-0.39, 0.29) is 23.9 Å². The third-order valence-electron chi connectivity index (χ3n) is 6.72. The minimum Gasteiger partial charge on any atom is -0.342 e. The lowest BCUT2D eigenvalue weighted by Crippen LogP contribution is -2.51. The number of hydrogen-bond acceptors (Lipinski definition) is 2. The van der Waals surface area contributed by atoms with E-state index >= 15 is 0 Å². The Morgan fingerprint density at radius 3 is 2.38 bits per heavy atom. The highest BCUT2D eigenvalue weighted by atomic mass is 19.1. The molecule has 0 unspecified atom stereocenters. The predicted molar refractivity (Wildman–Crippen MR) is 105 cm³/mol. The Balaban J connectivity index is 1.29. The maximum absolute atomic E-state index is 14.4. The third kappa shape index (κ3) is 4.54. The summed E-state index contributed by atoms with van der Waals surface area (Å²) >= 11 is 0. The number of urea groups is 1. The molecule has 5 nitrogen and oxygen atoms in total. The summed E-state index contributed by atoms with van der Waals surface area (Å²) in [6.07, 6.45) is 7.01. The summed E-state index contributed by atoms with van der Waals surface area (Å²) in [6, 6.07) is 3.51. The van der Waals surface area contributed by atoms with Crippen LogP contribution in [0.15, 0.2) is 18.2 Å². The third-order valence-corrected chi connectivity index (χ3v) is 6.72. The van der Waals surface area contributed by atoms with E-state index in [1.807, 2.05) is 4.90 Å². The van der Waals surface area contributed by atoms with Crippen LogP contribution in [0.3, 0.4) is 0 Å². The molecular formula is C22H29F2N3O2. The number of carbonyl (C=O) groups excluding carboxylic acids is 2. The van der Waals surface area contributed by atoms with Crippen molar-refractivity contribution >= 4 is 11.9 Å². The van der Waals surface area contributed by atoms with Crippen LogP contribution in [0, 0.1) is 17.6 Å². The van der Waals surface area contributed by atoms with Crippen molar-refractivity contribution < 1.29 is 18.4 Å². The van der Waals surface area contributed by atoms with Crippen molar-refractivity contribution in [1.29, 1.82) is 0 Å². The molecule has 0 radical (unpaired) electrons. The maximum atomic E-state index is 14.4. The Bertz CT molecular complexity index is 767. The minimum absolute atomic E-state index is 0.0420. The first-order chi connectivity index (χ1) is 14.0. The first kappa shape index (κ1) is 20.1. The molecule has 1 aliphatic heterocycles. The van der Waals surface area contributed by atoms with Gasteiger partial charge in [0.15, 0.2) is 0 Å². The summed E-state index contributed by atoms with van der Waals surface area (Å²) in [5, 5.41) is 5.92. The molecule has 2 N–H and O–H groups in total. The van der Waals surface area contributed by atoms with Crippen LogP contribution < -0.4 is 10.6 Å². The molecule has 2 saturated carbocycles. The molecule has 4 rings (SSSR count). The molecule has 1 heterocycles. The van der Waals surface area contributed by atoms with Gasteiger partial charge in [-0.2, -0.15) is 0 Å². The fourth-order valence-electron chi connectivity index (χ4n) is 4.83. The molecule has 1 aromatic carbocycles. The highest BCUT2D eigenvalue weighted by Gasteiger charge is 2.38. The molecule has 7 heteroatoms. The second kappa shape index (κ2) is 8.28. The average Bonchev–Trinajstić information content (AvgIpc) is 3.45. The van der Waals surface area contributed by atoms with E-state index in [2.05, 4.69) is 10.6 Å². The Morgan fingerprint density at radius 1 is 1.07 bits per heavy atom. The smallest absolute Gasteiger partial charge is 0.315 e. The second-order valence-corrected chi connectivity index (χ2v) is 8.81. The normalized spacial score (nSPS) is 21.8. The zero-order chi connectivity index (χ0) is 20.4. The second-order valence-electron chi connectivity index (χ2n) is 8.81. The quantitative estimate of drug-likeness (QED) is 0.788. The van der Waals surface area contributed by atoms with E-state index in [9.17, 15) is 18.4 Å². The minimum atomic E-state index is -0.586. The van der Waals surface area contributed by atoms with Gasteiger partial charge in [-0.1, -0.05) is 18.9 Å². The number of benzene rings is 1. The van der Waals surface area contributed by atoms with Gasteiger partial charge in [-0.3, -0.25) is 4.79 Å². The van der Waals surface area contributed by atoms with Crippen molar-refractivity contribution in [1.82, 2.24) is 15.5 Å². The lowest BCUT2D eigenvalue weighted by molar-refractivity contribution is -0.133. The Kier molecular flexibility index (Phi) is 5.74. The topological polar surface area (TPSA) is 61.4 Å². The molecule has 0 spiro atoms. The van der Waals surface area contributed by atoms with Crippen LogP contribution in [-0.2, 0) is 10.2 Å². The van der Waals surface area contributed by atoms with E-state index in [0.29, 0.717) is 25.2 Å². The van der Waals surface area contributed by atoms with Crippen molar-refractivity contribution in [2.24, 2.45) is 5.92 Å². The Hall–Kier alpha value is -2.18. The number of amides is 3.